The van der Waals surface area contributed by atoms with E-state index in [0.717, 1.165) is 5.56 Å². The normalized spacial score (nSPS) is 13.1. The van der Waals surface area contributed by atoms with Crippen LogP contribution in [0.1, 0.15) is 22.3 Å². The highest BCUT2D eigenvalue weighted by Gasteiger charge is 2.19. The van der Waals surface area contributed by atoms with Crippen molar-refractivity contribution >= 4 is 39.9 Å². The van der Waals surface area contributed by atoms with Crippen molar-refractivity contribution in [1.82, 2.24) is 15.0 Å². The molecule has 10 heteroatoms. The molecule has 3 N–H and O–H groups in total. The number of aromatic nitrogens is 1. The van der Waals surface area contributed by atoms with Crippen molar-refractivity contribution in [2.24, 2.45) is 0 Å². The summed E-state index contributed by atoms with van der Waals surface area (Å²) in [6, 6.07) is 7.87. The van der Waals surface area contributed by atoms with E-state index in [1.54, 1.807) is 30.5 Å². The second kappa shape index (κ2) is 8.94. The van der Waals surface area contributed by atoms with Crippen LogP contribution in [0.2, 0.25) is 0 Å². The SMILES string of the molecule is Cl.O=C1CCc2cc(S(=O)(=O)NCCNC(=O)c3cccnc3)ccc2N1. The number of nitrogens with one attached hydrogen (secondary N) is 3. The van der Waals surface area contributed by atoms with Crippen LogP contribution in [0.25, 0.3) is 0 Å². The molecule has 0 saturated carbocycles. The van der Waals surface area contributed by atoms with E-state index in [1.165, 1.54) is 12.3 Å². The molecule has 0 unspecified atom stereocenters. The van der Waals surface area contributed by atoms with Crippen LogP contribution in [0.4, 0.5) is 5.69 Å². The number of rotatable bonds is 6. The largest absolute Gasteiger partial charge is 0.351 e. The van der Waals surface area contributed by atoms with E-state index in [4.69, 9.17) is 0 Å². The lowest BCUT2D eigenvalue weighted by molar-refractivity contribution is -0.116. The number of aryl methyl sites for hydroxylation is 1. The highest BCUT2D eigenvalue weighted by molar-refractivity contribution is 7.89. The zero-order valence-corrected chi connectivity index (χ0v) is 15.9. The van der Waals surface area contributed by atoms with Gasteiger partial charge < -0.3 is 10.6 Å². The number of halogens is 1. The molecule has 0 bridgehead atoms. The third-order valence-electron chi connectivity index (χ3n) is 3.91. The molecule has 1 aliphatic heterocycles. The Morgan fingerprint density at radius 1 is 1.19 bits per heavy atom. The van der Waals surface area contributed by atoms with Gasteiger partial charge in [0, 0.05) is 37.6 Å². The maximum Gasteiger partial charge on any atom is 0.252 e. The lowest BCUT2D eigenvalue weighted by Gasteiger charge is -2.17. The predicted octanol–water partition coefficient (Wildman–Crippen LogP) is 1.10. The number of benzene rings is 1. The number of carbonyl (C=O) groups is 2. The van der Waals surface area contributed by atoms with E-state index in [-0.39, 0.29) is 42.2 Å². The van der Waals surface area contributed by atoms with E-state index >= 15 is 0 Å². The summed E-state index contributed by atoms with van der Waals surface area (Å²) in [5.74, 6) is -0.391. The van der Waals surface area contributed by atoms with Crippen molar-refractivity contribution in [3.8, 4) is 0 Å². The van der Waals surface area contributed by atoms with E-state index in [9.17, 15) is 18.0 Å². The minimum Gasteiger partial charge on any atom is -0.351 e. The van der Waals surface area contributed by atoms with Crippen molar-refractivity contribution in [3.05, 3.63) is 53.9 Å². The Hall–Kier alpha value is -2.49. The summed E-state index contributed by atoms with van der Waals surface area (Å²) in [4.78, 5) is 27.2. The van der Waals surface area contributed by atoms with Gasteiger partial charge in [-0.15, -0.1) is 12.4 Å². The molecule has 2 aromatic rings. The third kappa shape index (κ3) is 5.25. The van der Waals surface area contributed by atoms with Crippen molar-refractivity contribution in [2.75, 3.05) is 18.4 Å². The maximum absolute atomic E-state index is 12.4. The molecule has 2 amide bonds. The summed E-state index contributed by atoms with van der Waals surface area (Å²) >= 11 is 0. The number of sulfonamides is 1. The first-order valence-corrected chi connectivity index (χ1v) is 9.55. The van der Waals surface area contributed by atoms with Gasteiger partial charge in [-0.3, -0.25) is 14.6 Å². The molecular weight excluding hydrogens is 392 g/mol. The maximum atomic E-state index is 12.4. The lowest BCUT2D eigenvalue weighted by atomic mass is 10.0. The minimum atomic E-state index is -3.70. The van der Waals surface area contributed by atoms with Crippen LogP contribution in [0.15, 0.2) is 47.6 Å². The zero-order chi connectivity index (χ0) is 18.6. The van der Waals surface area contributed by atoms with E-state index < -0.39 is 10.0 Å². The Balaban J connectivity index is 0.00000261. The molecule has 3 rings (SSSR count). The van der Waals surface area contributed by atoms with Crippen LogP contribution in [0.5, 0.6) is 0 Å². The van der Waals surface area contributed by atoms with Crippen LogP contribution in [-0.2, 0) is 21.2 Å². The first kappa shape index (κ1) is 20.8. The van der Waals surface area contributed by atoms with Crippen LogP contribution in [0, 0.1) is 0 Å². The van der Waals surface area contributed by atoms with Crippen molar-refractivity contribution in [2.45, 2.75) is 17.7 Å². The molecule has 0 spiro atoms. The van der Waals surface area contributed by atoms with Gasteiger partial charge >= 0.3 is 0 Å². The molecule has 1 aromatic carbocycles. The summed E-state index contributed by atoms with van der Waals surface area (Å²) in [5, 5.41) is 5.34. The second-order valence-electron chi connectivity index (χ2n) is 5.76. The summed E-state index contributed by atoms with van der Waals surface area (Å²) in [6.45, 7) is 0.204. The van der Waals surface area contributed by atoms with Gasteiger partial charge in [-0.2, -0.15) is 0 Å². The van der Waals surface area contributed by atoms with E-state index in [2.05, 4.69) is 20.3 Å². The number of nitrogens with zero attached hydrogens (tertiary/aromatic N) is 1. The smallest absolute Gasteiger partial charge is 0.252 e. The molecular formula is C17H19ClN4O4S. The van der Waals surface area contributed by atoms with Crippen molar-refractivity contribution < 1.29 is 18.0 Å². The topological polar surface area (TPSA) is 117 Å². The molecule has 0 fully saturated rings. The molecule has 0 aliphatic carbocycles. The lowest BCUT2D eigenvalue weighted by Crippen LogP contribution is -2.34. The first-order chi connectivity index (χ1) is 12.5. The summed E-state index contributed by atoms with van der Waals surface area (Å²) < 4.78 is 27.2. The van der Waals surface area contributed by atoms with Crippen LogP contribution < -0.4 is 15.4 Å². The number of fused-ring (bicyclic) bond motifs is 1. The Labute approximate surface area is 163 Å². The third-order valence-corrected chi connectivity index (χ3v) is 5.37. The Morgan fingerprint density at radius 2 is 2.00 bits per heavy atom. The summed E-state index contributed by atoms with van der Waals surface area (Å²) in [6.07, 6.45) is 3.84. The number of anilines is 1. The molecule has 27 heavy (non-hydrogen) atoms. The highest BCUT2D eigenvalue weighted by atomic mass is 35.5. The number of amides is 2. The molecule has 1 aliphatic rings. The van der Waals surface area contributed by atoms with Crippen LogP contribution in [-0.4, -0.2) is 38.3 Å². The van der Waals surface area contributed by atoms with Gasteiger partial charge in [0.2, 0.25) is 15.9 Å². The van der Waals surface area contributed by atoms with Crippen molar-refractivity contribution in [3.63, 3.8) is 0 Å². The van der Waals surface area contributed by atoms with Gasteiger partial charge in [0.05, 0.1) is 10.5 Å². The van der Waals surface area contributed by atoms with Crippen molar-refractivity contribution in [1.29, 1.82) is 0 Å². The standard InChI is InChI=1S/C17H18N4O4S.ClH/c22-16-6-3-12-10-14(4-5-15(12)21-16)26(24,25)20-9-8-19-17(23)13-2-1-7-18-11-13;/h1-2,4-5,7,10-11,20H,3,6,8-9H2,(H,19,23)(H,21,22);1H. The fourth-order valence-electron chi connectivity index (χ4n) is 2.57. The van der Waals surface area contributed by atoms with Gasteiger partial charge in [0.1, 0.15) is 0 Å². The van der Waals surface area contributed by atoms with Crippen LogP contribution in [0.3, 0.4) is 0 Å². The second-order valence-corrected chi connectivity index (χ2v) is 7.53. The monoisotopic (exact) mass is 410 g/mol. The molecule has 0 saturated heterocycles. The average molecular weight is 411 g/mol. The predicted molar refractivity (Wildman–Crippen MR) is 102 cm³/mol. The van der Waals surface area contributed by atoms with E-state index in [0.29, 0.717) is 24.1 Å². The number of pyridine rings is 1. The number of hydrogen-bond donors (Lipinski definition) is 3. The number of carbonyl (C=O) groups excluding carboxylic acids is 2. The van der Waals surface area contributed by atoms with Gasteiger partial charge in [-0.1, -0.05) is 0 Å². The van der Waals surface area contributed by atoms with Crippen LogP contribution >= 0.6 is 12.4 Å². The molecule has 144 valence electrons. The molecule has 8 nitrogen and oxygen atoms in total. The highest BCUT2D eigenvalue weighted by Crippen LogP contribution is 2.25. The Kier molecular flexibility index (Phi) is 6.89. The average Bonchev–Trinajstić information content (AvgIpc) is 2.65. The zero-order valence-electron chi connectivity index (χ0n) is 14.3. The van der Waals surface area contributed by atoms with Gasteiger partial charge in [-0.25, -0.2) is 13.1 Å². The quantitative estimate of drug-likeness (QED) is 0.616. The first-order valence-electron chi connectivity index (χ1n) is 8.06. The summed E-state index contributed by atoms with van der Waals surface area (Å²) in [7, 11) is -3.70. The molecule has 0 radical (unpaired) electrons. The molecule has 2 heterocycles. The Bertz CT molecular complexity index is 935. The van der Waals surface area contributed by atoms with Gasteiger partial charge in [-0.05, 0) is 42.3 Å². The molecule has 1 aromatic heterocycles. The summed E-state index contributed by atoms with van der Waals surface area (Å²) in [5.41, 5.74) is 1.84. The Morgan fingerprint density at radius 3 is 2.74 bits per heavy atom. The van der Waals surface area contributed by atoms with Gasteiger partial charge in [0.25, 0.3) is 5.91 Å². The molecule has 0 atom stereocenters. The minimum absolute atomic E-state index is 0. The number of hydrogen-bond acceptors (Lipinski definition) is 5. The van der Waals surface area contributed by atoms with E-state index in [1.807, 2.05) is 0 Å². The fraction of sp³-hybridized carbons (Fsp3) is 0.235. The fourth-order valence-corrected chi connectivity index (χ4v) is 3.65. The van der Waals surface area contributed by atoms with Gasteiger partial charge in [0.15, 0.2) is 0 Å².